The summed E-state index contributed by atoms with van der Waals surface area (Å²) in [6.07, 6.45) is -3.11. The van der Waals surface area contributed by atoms with E-state index in [9.17, 15) is 18.9 Å². The lowest BCUT2D eigenvalue weighted by molar-refractivity contribution is -0.390. The highest BCUT2D eigenvalue weighted by molar-refractivity contribution is 5.48. The molecule has 6 nitrogen and oxygen atoms in total. The van der Waals surface area contributed by atoms with Crippen LogP contribution in [0.5, 0.6) is 5.75 Å². The molecule has 0 aliphatic heterocycles. The first-order chi connectivity index (χ1) is 6.97. The predicted molar refractivity (Wildman–Crippen MR) is 42.2 cm³/mol. The molecule has 1 rings (SSSR count). The average molecular weight is 215 g/mol. The Labute approximate surface area is 81.6 Å². The van der Waals surface area contributed by atoms with Crippen LogP contribution in [0.15, 0.2) is 6.07 Å². The molecule has 0 amide bonds. The summed E-state index contributed by atoms with van der Waals surface area (Å²) in [6, 6.07) is 1.95. The molecule has 1 aromatic heterocycles. The van der Waals surface area contributed by atoms with Crippen molar-refractivity contribution >= 4 is 5.82 Å². The monoisotopic (exact) mass is 215 g/mol. The molecule has 0 unspecified atom stereocenters. The molecule has 8 heteroatoms. The predicted octanol–water partition coefficient (Wildman–Crippen LogP) is 1.50. The molecule has 1 aromatic rings. The fourth-order valence-corrected chi connectivity index (χ4v) is 0.897. The molecule has 15 heavy (non-hydrogen) atoms. The van der Waals surface area contributed by atoms with Crippen molar-refractivity contribution in [3.8, 4) is 11.8 Å². The molecule has 0 aromatic carbocycles. The maximum Gasteiger partial charge on any atom is 0.406 e. The zero-order chi connectivity index (χ0) is 11.6. The highest BCUT2D eigenvalue weighted by Crippen LogP contribution is 2.29. The van der Waals surface area contributed by atoms with Crippen molar-refractivity contribution < 1.29 is 18.8 Å². The zero-order valence-electron chi connectivity index (χ0n) is 7.02. The van der Waals surface area contributed by atoms with Gasteiger partial charge in [-0.1, -0.05) is 0 Å². The third kappa shape index (κ3) is 1.96. The van der Waals surface area contributed by atoms with Crippen LogP contribution in [-0.2, 0) is 0 Å². The molecule has 78 valence electrons. The SMILES string of the molecule is N#Cc1cc(O)c([N+](=O)[O-])nc1C(F)F. The maximum atomic E-state index is 12.3. The van der Waals surface area contributed by atoms with Gasteiger partial charge in [-0.2, -0.15) is 5.26 Å². The second-order valence-corrected chi connectivity index (χ2v) is 2.43. The standard InChI is InChI=1S/C7H3F2N3O3/c8-6(9)5-3(2-10)1-4(13)7(11-5)12(14)15/h1,6,13H. The summed E-state index contributed by atoms with van der Waals surface area (Å²) in [4.78, 5) is 12.1. The van der Waals surface area contributed by atoms with Crippen LogP contribution in [0, 0.1) is 21.4 Å². The van der Waals surface area contributed by atoms with E-state index >= 15 is 0 Å². The van der Waals surface area contributed by atoms with Crippen molar-refractivity contribution in [1.82, 2.24) is 4.98 Å². The van der Waals surface area contributed by atoms with E-state index < -0.39 is 34.2 Å². The van der Waals surface area contributed by atoms with Gasteiger partial charge in [-0.3, -0.25) is 0 Å². The minimum atomic E-state index is -3.11. The Morgan fingerprint density at radius 3 is 2.67 bits per heavy atom. The Kier molecular flexibility index (Phi) is 2.75. The second-order valence-electron chi connectivity index (χ2n) is 2.43. The first kappa shape index (κ1) is 10.8. The average Bonchev–Trinajstić information content (AvgIpc) is 2.16. The van der Waals surface area contributed by atoms with Crippen LogP contribution in [0.3, 0.4) is 0 Å². The van der Waals surface area contributed by atoms with Gasteiger partial charge >= 0.3 is 12.2 Å². The largest absolute Gasteiger partial charge is 0.501 e. The summed E-state index contributed by atoms with van der Waals surface area (Å²) in [5.41, 5.74) is -1.60. The summed E-state index contributed by atoms with van der Waals surface area (Å²) in [7, 11) is 0. The molecule has 0 radical (unpaired) electrons. The molecule has 0 aliphatic rings. The zero-order valence-corrected chi connectivity index (χ0v) is 7.02. The number of alkyl halides is 2. The summed E-state index contributed by atoms with van der Waals surface area (Å²) in [5, 5.41) is 27.7. The van der Waals surface area contributed by atoms with Crippen LogP contribution in [-0.4, -0.2) is 15.0 Å². The van der Waals surface area contributed by atoms with Gasteiger partial charge in [0.1, 0.15) is 11.6 Å². The van der Waals surface area contributed by atoms with Crippen molar-refractivity contribution in [3.63, 3.8) is 0 Å². The van der Waals surface area contributed by atoms with Gasteiger partial charge in [-0.25, -0.2) is 8.78 Å². The number of nitriles is 1. The molecule has 0 fully saturated rings. The minimum Gasteiger partial charge on any atom is -0.501 e. The van der Waals surface area contributed by atoms with Gasteiger partial charge in [-0.15, -0.1) is 0 Å². The third-order valence-electron chi connectivity index (χ3n) is 1.51. The molecule has 0 spiro atoms. The fourth-order valence-electron chi connectivity index (χ4n) is 0.897. The summed E-state index contributed by atoms with van der Waals surface area (Å²) in [6.45, 7) is 0. The van der Waals surface area contributed by atoms with Crippen molar-refractivity contribution in [2.24, 2.45) is 0 Å². The Bertz CT molecular complexity index is 456. The first-order valence-corrected chi connectivity index (χ1v) is 3.54. The molecular weight excluding hydrogens is 212 g/mol. The van der Waals surface area contributed by atoms with E-state index in [0.29, 0.717) is 6.07 Å². The lowest BCUT2D eigenvalue weighted by atomic mass is 10.2. The molecule has 0 saturated heterocycles. The minimum absolute atomic E-state index is 0.590. The van der Waals surface area contributed by atoms with E-state index in [4.69, 9.17) is 10.4 Å². The number of aromatic hydroxyl groups is 1. The number of hydrogen-bond acceptors (Lipinski definition) is 5. The normalized spacial score (nSPS) is 10.0. The first-order valence-electron chi connectivity index (χ1n) is 3.54. The van der Waals surface area contributed by atoms with E-state index in [2.05, 4.69) is 4.98 Å². The van der Waals surface area contributed by atoms with Gasteiger partial charge in [0.05, 0.1) is 0 Å². The van der Waals surface area contributed by atoms with Crippen LogP contribution < -0.4 is 0 Å². The maximum absolute atomic E-state index is 12.3. The van der Waals surface area contributed by atoms with E-state index in [1.807, 2.05) is 0 Å². The molecular formula is C7H3F2N3O3. The lowest BCUT2D eigenvalue weighted by Gasteiger charge is -1.99. The molecule has 1 heterocycles. The number of halogens is 2. The molecule has 0 saturated carbocycles. The Morgan fingerprint density at radius 1 is 1.67 bits per heavy atom. The van der Waals surface area contributed by atoms with Gasteiger partial charge in [0.15, 0.2) is 0 Å². The summed E-state index contributed by atoms with van der Waals surface area (Å²) < 4.78 is 24.5. The second kappa shape index (κ2) is 3.83. The quantitative estimate of drug-likeness (QED) is 0.595. The fraction of sp³-hybridized carbons (Fsp3) is 0.143. The van der Waals surface area contributed by atoms with Crippen molar-refractivity contribution in [3.05, 3.63) is 27.4 Å². The van der Waals surface area contributed by atoms with E-state index in [1.54, 1.807) is 0 Å². The van der Waals surface area contributed by atoms with Crippen molar-refractivity contribution in [2.45, 2.75) is 6.43 Å². The Morgan fingerprint density at radius 2 is 2.27 bits per heavy atom. The van der Waals surface area contributed by atoms with Crippen LogP contribution in [0.25, 0.3) is 0 Å². The number of pyridine rings is 1. The summed E-state index contributed by atoms with van der Waals surface area (Å²) in [5.74, 6) is -2.01. The number of hydrogen-bond donors (Lipinski definition) is 1. The number of aromatic nitrogens is 1. The van der Waals surface area contributed by atoms with Crippen molar-refractivity contribution in [1.29, 1.82) is 5.26 Å². The molecule has 0 aliphatic carbocycles. The Balaban J connectivity index is 3.45. The van der Waals surface area contributed by atoms with E-state index in [-0.39, 0.29) is 0 Å². The van der Waals surface area contributed by atoms with E-state index in [0.717, 1.165) is 0 Å². The molecule has 0 bridgehead atoms. The van der Waals surface area contributed by atoms with Gasteiger partial charge in [0, 0.05) is 6.07 Å². The topological polar surface area (TPSA) is 100 Å². The smallest absolute Gasteiger partial charge is 0.406 e. The van der Waals surface area contributed by atoms with Crippen LogP contribution in [0.2, 0.25) is 0 Å². The van der Waals surface area contributed by atoms with Crippen LogP contribution in [0.1, 0.15) is 17.7 Å². The van der Waals surface area contributed by atoms with Gasteiger partial charge in [0.2, 0.25) is 11.4 Å². The van der Waals surface area contributed by atoms with Gasteiger partial charge < -0.3 is 15.2 Å². The molecule has 0 atom stereocenters. The van der Waals surface area contributed by atoms with Crippen molar-refractivity contribution in [2.75, 3.05) is 0 Å². The van der Waals surface area contributed by atoms with Crippen LogP contribution in [0.4, 0.5) is 14.6 Å². The highest BCUT2D eigenvalue weighted by atomic mass is 19.3. The van der Waals surface area contributed by atoms with Gasteiger partial charge in [0.25, 0.3) is 0 Å². The van der Waals surface area contributed by atoms with Gasteiger partial charge in [-0.05, 0) is 9.91 Å². The van der Waals surface area contributed by atoms with E-state index in [1.165, 1.54) is 6.07 Å². The third-order valence-corrected chi connectivity index (χ3v) is 1.51. The Hall–Kier alpha value is -2.30. The lowest BCUT2D eigenvalue weighted by Crippen LogP contribution is -2.00. The number of nitrogens with zero attached hydrogens (tertiary/aromatic N) is 3. The van der Waals surface area contributed by atoms with Crippen LogP contribution >= 0.6 is 0 Å². The number of nitro groups is 1. The summed E-state index contributed by atoms with van der Waals surface area (Å²) >= 11 is 0. The molecule has 1 N–H and O–H groups in total. The number of rotatable bonds is 2. The highest BCUT2D eigenvalue weighted by Gasteiger charge is 2.27.